The average molecular weight is 316 g/mol. The lowest BCUT2D eigenvalue weighted by molar-refractivity contribution is -0.118. The molecular formula is C18H24N2O3. The van der Waals surface area contributed by atoms with Gasteiger partial charge in [0.15, 0.2) is 0 Å². The Labute approximate surface area is 137 Å². The molecule has 0 aromatic heterocycles. The van der Waals surface area contributed by atoms with E-state index in [2.05, 4.69) is 5.32 Å². The van der Waals surface area contributed by atoms with E-state index >= 15 is 0 Å². The summed E-state index contributed by atoms with van der Waals surface area (Å²) in [6, 6.07) is 6.45. The van der Waals surface area contributed by atoms with Gasteiger partial charge in [0, 0.05) is 0 Å². The molecule has 2 fully saturated rings. The lowest BCUT2D eigenvalue weighted by atomic mass is 9.85. The summed E-state index contributed by atoms with van der Waals surface area (Å²) in [7, 11) is 0. The van der Waals surface area contributed by atoms with Crippen LogP contribution in [0.15, 0.2) is 24.3 Å². The van der Waals surface area contributed by atoms with Crippen molar-refractivity contribution in [3.05, 3.63) is 24.3 Å². The fourth-order valence-electron chi connectivity index (χ4n) is 3.59. The minimum atomic E-state index is -0.403. The molecular weight excluding hydrogens is 292 g/mol. The highest BCUT2D eigenvalue weighted by molar-refractivity contribution is 6.22. The predicted molar refractivity (Wildman–Crippen MR) is 88.6 cm³/mol. The Morgan fingerprint density at radius 2 is 1.91 bits per heavy atom. The molecule has 1 saturated heterocycles. The molecule has 1 N–H and O–H groups in total. The Hall–Kier alpha value is -2.04. The van der Waals surface area contributed by atoms with Gasteiger partial charge in [-0.2, -0.15) is 0 Å². The number of nitrogens with zero attached hydrogens (tertiary/aromatic N) is 1. The maximum absolute atomic E-state index is 12.7. The second-order valence-electron chi connectivity index (χ2n) is 6.32. The van der Waals surface area contributed by atoms with E-state index in [1.807, 2.05) is 19.1 Å². The lowest BCUT2D eigenvalue weighted by Gasteiger charge is -2.23. The molecule has 124 valence electrons. The molecule has 5 heteroatoms. The number of rotatable bonds is 5. The normalized spacial score (nSPS) is 22.3. The van der Waals surface area contributed by atoms with Crippen LogP contribution in [0.3, 0.4) is 0 Å². The zero-order chi connectivity index (χ0) is 16.2. The number of carbonyl (C=O) groups excluding carboxylic acids is 2. The number of nitrogens with one attached hydrogen (secondary N) is 1. The van der Waals surface area contributed by atoms with Gasteiger partial charge in [-0.25, -0.2) is 9.69 Å². The second-order valence-corrected chi connectivity index (χ2v) is 6.32. The first-order chi connectivity index (χ1) is 11.2. The van der Waals surface area contributed by atoms with E-state index in [-0.39, 0.29) is 11.9 Å². The average Bonchev–Trinajstić information content (AvgIpc) is 2.83. The number of urea groups is 1. The number of imide groups is 1. The highest BCUT2D eigenvalue weighted by Gasteiger charge is 2.41. The van der Waals surface area contributed by atoms with Crippen LogP contribution < -0.4 is 15.0 Å². The van der Waals surface area contributed by atoms with Gasteiger partial charge in [0.05, 0.1) is 12.3 Å². The largest absolute Gasteiger partial charge is 0.492 e. The third kappa shape index (κ3) is 3.33. The summed E-state index contributed by atoms with van der Waals surface area (Å²) >= 11 is 0. The van der Waals surface area contributed by atoms with Gasteiger partial charge >= 0.3 is 6.03 Å². The second kappa shape index (κ2) is 7.02. The number of para-hydroxylation sites is 2. The zero-order valence-electron chi connectivity index (χ0n) is 13.6. The molecule has 0 spiro atoms. The lowest BCUT2D eigenvalue weighted by Crippen LogP contribution is -2.33. The van der Waals surface area contributed by atoms with Crippen molar-refractivity contribution in [2.45, 2.75) is 51.5 Å². The molecule has 1 aliphatic heterocycles. The summed E-state index contributed by atoms with van der Waals surface area (Å²) in [6.07, 6.45) is 6.82. The SMILES string of the molecule is CCOc1ccccc1N1C(=O)N[C@@H](CC2CCCCC2)C1=O. The monoisotopic (exact) mass is 316 g/mol. The van der Waals surface area contributed by atoms with Crippen molar-refractivity contribution in [1.82, 2.24) is 5.32 Å². The molecule has 1 aliphatic carbocycles. The summed E-state index contributed by atoms with van der Waals surface area (Å²) in [5.41, 5.74) is 0.531. The van der Waals surface area contributed by atoms with E-state index < -0.39 is 6.04 Å². The maximum Gasteiger partial charge on any atom is 0.329 e. The van der Waals surface area contributed by atoms with Crippen LogP contribution >= 0.6 is 0 Å². The van der Waals surface area contributed by atoms with Crippen LogP contribution in [0.1, 0.15) is 45.4 Å². The molecule has 5 nitrogen and oxygen atoms in total. The Morgan fingerprint density at radius 3 is 2.65 bits per heavy atom. The van der Waals surface area contributed by atoms with E-state index in [0.717, 1.165) is 19.3 Å². The number of hydrogen-bond acceptors (Lipinski definition) is 3. The smallest absolute Gasteiger partial charge is 0.329 e. The molecule has 0 radical (unpaired) electrons. The number of hydrogen-bond donors (Lipinski definition) is 1. The predicted octanol–water partition coefficient (Wildman–Crippen LogP) is 3.48. The van der Waals surface area contributed by atoms with Gasteiger partial charge in [-0.3, -0.25) is 4.79 Å². The molecule has 1 aromatic carbocycles. The number of amides is 3. The first-order valence-electron chi connectivity index (χ1n) is 8.57. The summed E-state index contributed by atoms with van der Waals surface area (Å²) in [5.74, 6) is 0.949. The fourth-order valence-corrected chi connectivity index (χ4v) is 3.59. The maximum atomic E-state index is 12.7. The van der Waals surface area contributed by atoms with Crippen molar-refractivity contribution in [3.8, 4) is 5.75 Å². The number of carbonyl (C=O) groups is 2. The van der Waals surface area contributed by atoms with E-state index in [0.29, 0.717) is 24.0 Å². The number of ether oxygens (including phenoxy) is 1. The first-order valence-corrected chi connectivity index (χ1v) is 8.57. The van der Waals surface area contributed by atoms with E-state index in [1.165, 1.54) is 24.2 Å². The van der Waals surface area contributed by atoms with Gasteiger partial charge in [0.1, 0.15) is 11.8 Å². The molecule has 3 amide bonds. The Morgan fingerprint density at radius 1 is 1.17 bits per heavy atom. The third-order valence-electron chi connectivity index (χ3n) is 4.72. The van der Waals surface area contributed by atoms with Crippen LogP contribution in [0.5, 0.6) is 5.75 Å². The van der Waals surface area contributed by atoms with Crippen molar-refractivity contribution in [2.24, 2.45) is 5.92 Å². The standard InChI is InChI=1S/C18H24N2O3/c1-2-23-16-11-7-6-10-15(16)20-17(21)14(19-18(20)22)12-13-8-4-3-5-9-13/h6-7,10-11,13-14H,2-5,8-9,12H2,1H3,(H,19,22)/t14-/m0/s1. The number of anilines is 1. The summed E-state index contributed by atoms with van der Waals surface area (Å²) < 4.78 is 5.56. The van der Waals surface area contributed by atoms with Crippen molar-refractivity contribution in [3.63, 3.8) is 0 Å². The van der Waals surface area contributed by atoms with E-state index in [1.54, 1.807) is 12.1 Å². The quantitative estimate of drug-likeness (QED) is 0.846. The minimum Gasteiger partial charge on any atom is -0.492 e. The van der Waals surface area contributed by atoms with Crippen LogP contribution in [0, 0.1) is 5.92 Å². The molecule has 1 heterocycles. The summed E-state index contributed by atoms with van der Waals surface area (Å²) in [4.78, 5) is 26.3. The van der Waals surface area contributed by atoms with Crippen LogP contribution in [-0.2, 0) is 4.79 Å². The van der Waals surface area contributed by atoms with E-state index in [9.17, 15) is 9.59 Å². The molecule has 0 bridgehead atoms. The Bertz CT molecular complexity index is 581. The molecule has 3 rings (SSSR count). The Balaban J connectivity index is 1.76. The molecule has 23 heavy (non-hydrogen) atoms. The van der Waals surface area contributed by atoms with Crippen LogP contribution in [-0.4, -0.2) is 24.6 Å². The van der Waals surface area contributed by atoms with Gasteiger partial charge < -0.3 is 10.1 Å². The summed E-state index contributed by atoms with van der Waals surface area (Å²) in [5, 5.41) is 2.85. The highest BCUT2D eigenvalue weighted by atomic mass is 16.5. The van der Waals surface area contributed by atoms with Crippen LogP contribution in [0.25, 0.3) is 0 Å². The van der Waals surface area contributed by atoms with Crippen LogP contribution in [0.2, 0.25) is 0 Å². The molecule has 1 atom stereocenters. The summed E-state index contributed by atoms with van der Waals surface area (Å²) in [6.45, 7) is 2.38. The van der Waals surface area contributed by atoms with Crippen molar-refractivity contribution >= 4 is 17.6 Å². The fraction of sp³-hybridized carbons (Fsp3) is 0.556. The van der Waals surface area contributed by atoms with Crippen LogP contribution in [0.4, 0.5) is 10.5 Å². The van der Waals surface area contributed by atoms with Gasteiger partial charge in [0.2, 0.25) is 0 Å². The third-order valence-corrected chi connectivity index (χ3v) is 4.72. The minimum absolute atomic E-state index is 0.160. The topological polar surface area (TPSA) is 58.6 Å². The molecule has 0 unspecified atom stereocenters. The van der Waals surface area contributed by atoms with Crippen molar-refractivity contribution < 1.29 is 14.3 Å². The number of benzene rings is 1. The first kappa shape index (κ1) is 15.8. The van der Waals surface area contributed by atoms with Gasteiger partial charge in [0.25, 0.3) is 5.91 Å². The molecule has 1 saturated carbocycles. The molecule has 2 aliphatic rings. The van der Waals surface area contributed by atoms with Crippen molar-refractivity contribution in [1.29, 1.82) is 0 Å². The highest BCUT2D eigenvalue weighted by Crippen LogP contribution is 2.33. The van der Waals surface area contributed by atoms with Gasteiger partial charge in [-0.15, -0.1) is 0 Å². The van der Waals surface area contributed by atoms with Crippen molar-refractivity contribution in [2.75, 3.05) is 11.5 Å². The molecule has 1 aromatic rings. The van der Waals surface area contributed by atoms with Gasteiger partial charge in [-0.05, 0) is 31.4 Å². The Kier molecular flexibility index (Phi) is 4.84. The van der Waals surface area contributed by atoms with Gasteiger partial charge in [-0.1, -0.05) is 44.2 Å². The van der Waals surface area contributed by atoms with E-state index in [4.69, 9.17) is 4.74 Å². The zero-order valence-corrected chi connectivity index (χ0v) is 13.6.